The third-order valence-electron chi connectivity index (χ3n) is 3.71. The van der Waals surface area contributed by atoms with Crippen LogP contribution in [0.15, 0.2) is 30.3 Å². The van der Waals surface area contributed by atoms with E-state index in [1.165, 1.54) is 0 Å². The summed E-state index contributed by atoms with van der Waals surface area (Å²) in [5.74, 6) is 0.982. The van der Waals surface area contributed by atoms with E-state index in [1.54, 1.807) is 0 Å². The topological polar surface area (TPSA) is 42.1 Å². The van der Waals surface area contributed by atoms with Crippen LogP contribution in [0, 0.1) is 0 Å². The number of rotatable bonds is 2. The second-order valence-electron chi connectivity index (χ2n) is 5.57. The van der Waals surface area contributed by atoms with Crippen LogP contribution in [0.3, 0.4) is 0 Å². The molecule has 1 fully saturated rings. The van der Waals surface area contributed by atoms with Gasteiger partial charge in [0, 0.05) is 34.5 Å². The summed E-state index contributed by atoms with van der Waals surface area (Å²) in [7, 11) is 0. The Morgan fingerprint density at radius 3 is 2.62 bits per heavy atom. The lowest BCUT2D eigenvalue weighted by molar-refractivity contribution is 0.720. The fraction of sp³-hybridized carbons (Fsp3) is 0.375. The van der Waals surface area contributed by atoms with Crippen LogP contribution in [-0.2, 0) is 0 Å². The highest BCUT2D eigenvalue weighted by molar-refractivity contribution is 8.00. The van der Waals surface area contributed by atoms with E-state index in [1.807, 2.05) is 42.1 Å². The van der Waals surface area contributed by atoms with Crippen molar-refractivity contribution in [1.29, 1.82) is 0 Å². The molecule has 0 aliphatic carbocycles. The molecule has 5 heteroatoms. The summed E-state index contributed by atoms with van der Waals surface area (Å²) >= 11 is 7.26. The highest BCUT2D eigenvalue weighted by atomic mass is 32.2. The molecule has 0 bridgehead atoms. The maximum atomic E-state index is 5.91. The van der Waals surface area contributed by atoms with Crippen molar-refractivity contribution in [2.24, 2.45) is 5.73 Å². The summed E-state index contributed by atoms with van der Waals surface area (Å²) in [6.07, 6.45) is 0. The molecule has 3 nitrogen and oxygen atoms in total. The van der Waals surface area contributed by atoms with Crippen LogP contribution in [0.2, 0.25) is 0 Å². The Balaban J connectivity index is 2.08. The maximum Gasteiger partial charge on any atom is 0.130 e. The minimum absolute atomic E-state index is 0.433. The first-order valence-corrected chi connectivity index (χ1v) is 8.49. The number of thioether (sulfide) groups is 1. The number of nitrogens with zero attached hydrogens (tertiary/aromatic N) is 2. The molecular weight excluding hydrogens is 298 g/mol. The lowest BCUT2D eigenvalue weighted by atomic mass is 10.1. The lowest BCUT2D eigenvalue weighted by Gasteiger charge is -2.35. The summed E-state index contributed by atoms with van der Waals surface area (Å²) in [5, 5.41) is 2.24. The third kappa shape index (κ3) is 2.99. The number of para-hydroxylation sites is 1. The van der Waals surface area contributed by atoms with Gasteiger partial charge in [0.15, 0.2) is 0 Å². The number of benzene rings is 1. The Morgan fingerprint density at radius 1 is 1.29 bits per heavy atom. The number of nitrogens with two attached hydrogens (primary N) is 1. The van der Waals surface area contributed by atoms with Crippen LogP contribution in [0.5, 0.6) is 0 Å². The van der Waals surface area contributed by atoms with Gasteiger partial charge in [-0.3, -0.25) is 0 Å². The molecule has 3 rings (SSSR count). The number of anilines is 1. The molecule has 0 spiro atoms. The molecule has 1 saturated heterocycles. The van der Waals surface area contributed by atoms with E-state index in [4.69, 9.17) is 22.9 Å². The predicted molar refractivity (Wildman–Crippen MR) is 96.4 cm³/mol. The minimum Gasteiger partial charge on any atom is -0.389 e. The van der Waals surface area contributed by atoms with Crippen LogP contribution in [0.1, 0.15) is 19.4 Å². The average molecular weight is 317 g/mol. The van der Waals surface area contributed by atoms with Crippen LogP contribution < -0.4 is 10.6 Å². The Hall–Kier alpha value is -1.33. The molecule has 0 radical (unpaired) electrons. The van der Waals surface area contributed by atoms with E-state index in [0.29, 0.717) is 15.5 Å². The number of fused-ring (bicyclic) bond motifs is 1. The summed E-state index contributed by atoms with van der Waals surface area (Å²) in [5.41, 5.74) is 7.79. The molecule has 1 aliphatic heterocycles. The van der Waals surface area contributed by atoms with Gasteiger partial charge in [0.1, 0.15) is 10.8 Å². The predicted octanol–water partition coefficient (Wildman–Crippen LogP) is 3.20. The van der Waals surface area contributed by atoms with Crippen LogP contribution in [0.4, 0.5) is 5.82 Å². The van der Waals surface area contributed by atoms with Gasteiger partial charge in [-0.1, -0.05) is 44.3 Å². The van der Waals surface area contributed by atoms with Gasteiger partial charge in [0.25, 0.3) is 0 Å². The smallest absolute Gasteiger partial charge is 0.130 e. The van der Waals surface area contributed by atoms with Crippen molar-refractivity contribution >= 4 is 45.7 Å². The second-order valence-corrected chi connectivity index (χ2v) is 7.89. The van der Waals surface area contributed by atoms with Crippen LogP contribution in [-0.4, -0.2) is 33.6 Å². The van der Waals surface area contributed by atoms with Gasteiger partial charge in [-0.25, -0.2) is 4.98 Å². The largest absolute Gasteiger partial charge is 0.389 e. The van der Waals surface area contributed by atoms with E-state index in [0.717, 1.165) is 35.4 Å². The molecule has 0 amide bonds. The number of thiocarbonyl (C=S) groups is 1. The number of aromatic nitrogens is 1. The first kappa shape index (κ1) is 14.6. The van der Waals surface area contributed by atoms with Gasteiger partial charge in [-0.15, -0.1) is 0 Å². The molecule has 0 saturated carbocycles. The van der Waals surface area contributed by atoms with E-state index < -0.39 is 0 Å². The molecule has 2 atom stereocenters. The van der Waals surface area contributed by atoms with E-state index in [9.17, 15) is 0 Å². The molecule has 2 heterocycles. The normalized spacial score (nSPS) is 22.5. The summed E-state index contributed by atoms with van der Waals surface area (Å²) < 4.78 is 0. The van der Waals surface area contributed by atoms with E-state index in [-0.39, 0.29) is 0 Å². The Kier molecular flexibility index (Phi) is 4.04. The van der Waals surface area contributed by atoms with E-state index >= 15 is 0 Å². The SMILES string of the molecule is CC1CN(c2cc(C(N)=S)c3ccccc3n2)CC(C)S1. The van der Waals surface area contributed by atoms with Gasteiger partial charge < -0.3 is 10.6 Å². The average Bonchev–Trinajstić information content (AvgIpc) is 2.45. The molecule has 1 aliphatic rings. The molecule has 2 N–H and O–H groups in total. The minimum atomic E-state index is 0.433. The Bertz CT molecular complexity index is 676. The highest BCUT2D eigenvalue weighted by Gasteiger charge is 2.24. The van der Waals surface area contributed by atoms with Crippen LogP contribution >= 0.6 is 24.0 Å². The van der Waals surface area contributed by atoms with Crippen molar-refractivity contribution in [3.8, 4) is 0 Å². The molecule has 21 heavy (non-hydrogen) atoms. The molecule has 1 aromatic carbocycles. The molecule has 2 aromatic rings. The zero-order chi connectivity index (χ0) is 15.0. The standard InChI is InChI=1S/C16H19N3S2/c1-10-8-19(9-11(2)21-10)15-7-13(16(17)20)12-5-3-4-6-14(12)18-15/h3-7,10-11H,8-9H2,1-2H3,(H2,17,20). The van der Waals surface area contributed by atoms with Crippen molar-refractivity contribution in [2.75, 3.05) is 18.0 Å². The maximum absolute atomic E-state index is 5.91. The number of pyridine rings is 1. The fourth-order valence-electron chi connectivity index (χ4n) is 2.89. The van der Waals surface area contributed by atoms with E-state index in [2.05, 4.69) is 18.7 Å². The van der Waals surface area contributed by atoms with Gasteiger partial charge in [-0.05, 0) is 12.1 Å². The quantitative estimate of drug-likeness (QED) is 0.862. The van der Waals surface area contributed by atoms with Gasteiger partial charge in [0.05, 0.1) is 5.52 Å². The first-order chi connectivity index (χ1) is 10.0. The van der Waals surface area contributed by atoms with Crippen LogP contribution in [0.25, 0.3) is 10.9 Å². The fourth-order valence-corrected chi connectivity index (χ4v) is 4.39. The van der Waals surface area contributed by atoms with Crippen molar-refractivity contribution in [1.82, 2.24) is 4.98 Å². The van der Waals surface area contributed by atoms with Gasteiger partial charge in [-0.2, -0.15) is 11.8 Å². The summed E-state index contributed by atoms with van der Waals surface area (Å²) in [4.78, 5) is 7.59. The first-order valence-electron chi connectivity index (χ1n) is 7.14. The Morgan fingerprint density at radius 2 is 1.95 bits per heavy atom. The van der Waals surface area contributed by atoms with Gasteiger partial charge >= 0.3 is 0 Å². The van der Waals surface area contributed by atoms with Crippen molar-refractivity contribution in [3.63, 3.8) is 0 Å². The zero-order valence-electron chi connectivity index (χ0n) is 12.2. The van der Waals surface area contributed by atoms with Gasteiger partial charge in [0.2, 0.25) is 0 Å². The van der Waals surface area contributed by atoms with Crippen molar-refractivity contribution < 1.29 is 0 Å². The second kappa shape index (κ2) is 5.81. The van der Waals surface area contributed by atoms with Crippen molar-refractivity contribution in [2.45, 2.75) is 24.3 Å². The number of hydrogen-bond acceptors (Lipinski definition) is 4. The summed E-state index contributed by atoms with van der Waals surface area (Å²) in [6, 6.07) is 10.1. The monoisotopic (exact) mass is 317 g/mol. The molecule has 1 aromatic heterocycles. The lowest BCUT2D eigenvalue weighted by Crippen LogP contribution is -2.41. The van der Waals surface area contributed by atoms with Crippen molar-refractivity contribution in [3.05, 3.63) is 35.9 Å². The third-order valence-corrected chi connectivity index (χ3v) is 5.16. The zero-order valence-corrected chi connectivity index (χ0v) is 13.9. The number of hydrogen-bond donors (Lipinski definition) is 1. The Labute approximate surface area is 134 Å². The molecular formula is C16H19N3S2. The molecule has 110 valence electrons. The highest BCUT2D eigenvalue weighted by Crippen LogP contribution is 2.30. The summed E-state index contributed by atoms with van der Waals surface area (Å²) in [6.45, 7) is 6.56. The molecule has 2 unspecified atom stereocenters.